The molecule has 0 radical (unpaired) electrons. The molecular formula is C15H16INO. The standard InChI is InChI=1S/C15H16NO.HI/c1-16-12-4-3-5-14(16)9-6-13-7-10-15(17-2)11-8-13;/h3-12H,1-2H3;1H/q+1;/p-1/b9-6-;. The lowest BCUT2D eigenvalue weighted by Gasteiger charge is -1.98. The maximum atomic E-state index is 5.12. The Balaban J connectivity index is 0.00000162. The summed E-state index contributed by atoms with van der Waals surface area (Å²) in [7, 11) is 3.71. The van der Waals surface area contributed by atoms with E-state index in [0.29, 0.717) is 0 Å². The van der Waals surface area contributed by atoms with E-state index >= 15 is 0 Å². The highest BCUT2D eigenvalue weighted by molar-refractivity contribution is 5.67. The monoisotopic (exact) mass is 353 g/mol. The first kappa shape index (κ1) is 14.7. The number of nitrogens with zero attached hydrogens (tertiary/aromatic N) is 1. The van der Waals surface area contributed by atoms with Crippen LogP contribution in [0.1, 0.15) is 11.3 Å². The maximum Gasteiger partial charge on any atom is 0.204 e. The first-order valence-corrected chi connectivity index (χ1v) is 5.56. The number of ether oxygens (including phenoxy) is 1. The summed E-state index contributed by atoms with van der Waals surface area (Å²) in [4.78, 5) is 0. The van der Waals surface area contributed by atoms with Crippen LogP contribution in [0, 0.1) is 0 Å². The van der Waals surface area contributed by atoms with E-state index in [0.717, 1.165) is 11.3 Å². The fourth-order valence-corrected chi connectivity index (χ4v) is 1.61. The zero-order valence-electron chi connectivity index (χ0n) is 10.5. The molecule has 2 nitrogen and oxygen atoms in total. The number of aryl methyl sites for hydroxylation is 1. The second-order valence-electron chi connectivity index (χ2n) is 3.84. The summed E-state index contributed by atoms with van der Waals surface area (Å²) in [5, 5.41) is 0. The van der Waals surface area contributed by atoms with Gasteiger partial charge in [-0.05, 0) is 29.8 Å². The summed E-state index contributed by atoms with van der Waals surface area (Å²) in [6.07, 6.45) is 6.23. The summed E-state index contributed by atoms with van der Waals surface area (Å²) < 4.78 is 7.21. The Morgan fingerprint density at radius 1 is 1.00 bits per heavy atom. The quantitative estimate of drug-likeness (QED) is 0.545. The van der Waals surface area contributed by atoms with Gasteiger partial charge < -0.3 is 28.7 Å². The average molecular weight is 353 g/mol. The minimum absolute atomic E-state index is 0. The number of pyridine rings is 1. The molecule has 0 saturated heterocycles. The molecule has 0 aliphatic heterocycles. The van der Waals surface area contributed by atoms with Crippen molar-refractivity contribution in [2.45, 2.75) is 0 Å². The van der Waals surface area contributed by atoms with Crippen molar-refractivity contribution in [3.05, 3.63) is 59.9 Å². The smallest absolute Gasteiger partial charge is 0.204 e. The summed E-state index contributed by atoms with van der Waals surface area (Å²) in [5.41, 5.74) is 2.33. The van der Waals surface area contributed by atoms with E-state index in [2.05, 4.69) is 22.8 Å². The van der Waals surface area contributed by atoms with Crippen molar-refractivity contribution in [2.75, 3.05) is 7.11 Å². The Morgan fingerprint density at radius 2 is 1.72 bits per heavy atom. The number of halogens is 1. The fraction of sp³-hybridized carbons (Fsp3) is 0.133. The molecule has 2 aromatic rings. The number of benzene rings is 1. The highest BCUT2D eigenvalue weighted by Crippen LogP contribution is 2.13. The third kappa shape index (κ3) is 3.84. The van der Waals surface area contributed by atoms with Crippen molar-refractivity contribution >= 4 is 12.2 Å². The summed E-state index contributed by atoms with van der Waals surface area (Å²) >= 11 is 0. The maximum absolute atomic E-state index is 5.12. The Labute approximate surface area is 125 Å². The van der Waals surface area contributed by atoms with Crippen LogP contribution < -0.4 is 33.3 Å². The van der Waals surface area contributed by atoms with Crippen LogP contribution in [0.25, 0.3) is 12.2 Å². The molecule has 0 saturated carbocycles. The van der Waals surface area contributed by atoms with E-state index in [1.807, 2.05) is 49.6 Å². The number of methoxy groups -OCH3 is 1. The second kappa shape index (κ2) is 7.16. The van der Waals surface area contributed by atoms with E-state index in [-0.39, 0.29) is 24.0 Å². The van der Waals surface area contributed by atoms with E-state index in [1.54, 1.807) is 7.11 Å². The van der Waals surface area contributed by atoms with Crippen LogP contribution in [0.3, 0.4) is 0 Å². The molecule has 2 rings (SSSR count). The number of aromatic nitrogens is 1. The minimum Gasteiger partial charge on any atom is -1.00 e. The van der Waals surface area contributed by atoms with Gasteiger partial charge in [-0.3, -0.25) is 0 Å². The van der Waals surface area contributed by atoms with Crippen LogP contribution in [0.2, 0.25) is 0 Å². The van der Waals surface area contributed by atoms with Crippen molar-refractivity contribution in [3.8, 4) is 5.75 Å². The predicted octanol–water partition coefficient (Wildman–Crippen LogP) is -0.306. The number of rotatable bonds is 3. The van der Waals surface area contributed by atoms with Gasteiger partial charge in [-0.2, -0.15) is 0 Å². The van der Waals surface area contributed by atoms with Gasteiger partial charge in [-0.1, -0.05) is 12.1 Å². The lowest BCUT2D eigenvalue weighted by Crippen LogP contribution is -3.00. The van der Waals surface area contributed by atoms with E-state index < -0.39 is 0 Å². The molecule has 0 aliphatic rings. The molecule has 0 bridgehead atoms. The molecular weight excluding hydrogens is 337 g/mol. The van der Waals surface area contributed by atoms with Gasteiger partial charge in [-0.25, -0.2) is 4.57 Å². The highest BCUT2D eigenvalue weighted by atomic mass is 127. The SMILES string of the molecule is COc1ccc(/C=C\c2cccc[n+]2C)cc1.[I-]. The molecule has 1 aromatic heterocycles. The topological polar surface area (TPSA) is 13.1 Å². The molecule has 0 atom stereocenters. The van der Waals surface area contributed by atoms with E-state index in [9.17, 15) is 0 Å². The van der Waals surface area contributed by atoms with Crippen molar-refractivity contribution in [1.82, 2.24) is 0 Å². The normalized spacial score (nSPS) is 10.1. The first-order valence-electron chi connectivity index (χ1n) is 5.56. The highest BCUT2D eigenvalue weighted by Gasteiger charge is 1.98. The third-order valence-electron chi connectivity index (χ3n) is 2.66. The van der Waals surface area contributed by atoms with Crippen LogP contribution in [0.5, 0.6) is 5.75 Å². The molecule has 1 heterocycles. The molecule has 3 heteroatoms. The summed E-state index contributed by atoms with van der Waals surface area (Å²) in [6.45, 7) is 0. The van der Waals surface area contributed by atoms with E-state index in [1.165, 1.54) is 5.69 Å². The number of hydrogen-bond donors (Lipinski definition) is 0. The summed E-state index contributed by atoms with van der Waals surface area (Å²) in [6, 6.07) is 14.1. The van der Waals surface area contributed by atoms with Gasteiger partial charge in [0, 0.05) is 18.2 Å². The number of hydrogen-bond acceptors (Lipinski definition) is 1. The molecule has 18 heavy (non-hydrogen) atoms. The van der Waals surface area contributed by atoms with Gasteiger partial charge in [0.2, 0.25) is 5.69 Å². The van der Waals surface area contributed by atoms with Crippen molar-refractivity contribution in [1.29, 1.82) is 0 Å². The Kier molecular flexibility index (Phi) is 5.85. The minimum atomic E-state index is 0. The largest absolute Gasteiger partial charge is 1.00 e. The second-order valence-corrected chi connectivity index (χ2v) is 3.84. The van der Waals surface area contributed by atoms with E-state index in [4.69, 9.17) is 4.74 Å². The van der Waals surface area contributed by atoms with Gasteiger partial charge in [0.05, 0.1) is 7.11 Å². The average Bonchev–Trinajstić information content (AvgIpc) is 2.38. The van der Waals surface area contributed by atoms with Crippen LogP contribution in [-0.4, -0.2) is 7.11 Å². The van der Waals surface area contributed by atoms with Gasteiger partial charge in [-0.15, -0.1) is 0 Å². The van der Waals surface area contributed by atoms with Crippen molar-refractivity contribution in [3.63, 3.8) is 0 Å². The van der Waals surface area contributed by atoms with Gasteiger partial charge in [0.1, 0.15) is 12.8 Å². The van der Waals surface area contributed by atoms with Gasteiger partial charge in [0.25, 0.3) is 0 Å². The zero-order chi connectivity index (χ0) is 12.1. The molecule has 1 aromatic carbocycles. The van der Waals surface area contributed by atoms with Crippen molar-refractivity contribution < 1.29 is 33.3 Å². The molecule has 0 N–H and O–H groups in total. The molecule has 0 spiro atoms. The van der Waals surface area contributed by atoms with Crippen LogP contribution in [-0.2, 0) is 7.05 Å². The Bertz CT molecular complexity index is 520. The third-order valence-corrected chi connectivity index (χ3v) is 2.66. The van der Waals surface area contributed by atoms with Gasteiger partial charge >= 0.3 is 0 Å². The lowest BCUT2D eigenvalue weighted by molar-refractivity contribution is -0.673. The lowest BCUT2D eigenvalue weighted by atomic mass is 10.2. The predicted molar refractivity (Wildman–Crippen MR) is 69.5 cm³/mol. The van der Waals surface area contributed by atoms with Crippen LogP contribution in [0.4, 0.5) is 0 Å². The Hall–Kier alpha value is -1.36. The van der Waals surface area contributed by atoms with Gasteiger partial charge in [0.15, 0.2) is 6.20 Å². The van der Waals surface area contributed by atoms with Crippen LogP contribution in [0.15, 0.2) is 48.7 Å². The summed E-state index contributed by atoms with van der Waals surface area (Å²) in [5.74, 6) is 0.882. The zero-order valence-corrected chi connectivity index (χ0v) is 12.7. The molecule has 0 aliphatic carbocycles. The molecule has 94 valence electrons. The van der Waals surface area contributed by atoms with Crippen LogP contribution >= 0.6 is 0 Å². The Morgan fingerprint density at radius 3 is 2.33 bits per heavy atom. The first-order chi connectivity index (χ1) is 8.29. The fourth-order valence-electron chi connectivity index (χ4n) is 1.61. The van der Waals surface area contributed by atoms with Crippen molar-refractivity contribution in [2.24, 2.45) is 7.05 Å². The molecule has 0 amide bonds. The molecule has 0 unspecified atom stereocenters. The molecule has 0 fully saturated rings.